The highest BCUT2D eigenvalue weighted by Gasteiger charge is 2.30. The van der Waals surface area contributed by atoms with Gasteiger partial charge in [-0.05, 0) is 35.1 Å². The van der Waals surface area contributed by atoms with Gasteiger partial charge in [0.2, 0.25) is 5.91 Å². The quantitative estimate of drug-likeness (QED) is 0.602. The summed E-state index contributed by atoms with van der Waals surface area (Å²) in [6, 6.07) is 8.23. The fourth-order valence-electron chi connectivity index (χ4n) is 2.64. The first-order valence-corrected chi connectivity index (χ1v) is 9.66. The lowest BCUT2D eigenvalue weighted by Crippen LogP contribution is -2.17. The number of halogens is 3. The zero-order chi connectivity index (χ0) is 20.2. The highest BCUT2D eigenvalue weighted by Crippen LogP contribution is 2.33. The third-order valence-electron chi connectivity index (χ3n) is 4.05. The van der Waals surface area contributed by atoms with E-state index in [2.05, 4.69) is 38.0 Å². The molecule has 0 atom stereocenters. The van der Waals surface area contributed by atoms with Gasteiger partial charge in [0.25, 0.3) is 0 Å². The monoisotopic (exact) mass is 396 g/mol. The topological polar surface area (TPSA) is 42.0 Å². The molecule has 3 nitrogen and oxygen atoms in total. The Labute approximate surface area is 161 Å². The van der Waals surface area contributed by atoms with Gasteiger partial charge in [0, 0.05) is 11.9 Å². The number of para-hydroxylation sites is 1. The summed E-state index contributed by atoms with van der Waals surface area (Å²) in [6.07, 6.45) is -3.63. The van der Waals surface area contributed by atoms with E-state index in [1.54, 1.807) is 0 Å². The van der Waals surface area contributed by atoms with E-state index in [1.165, 1.54) is 6.07 Å². The molecule has 2 rings (SSSR count). The molecule has 0 fully saturated rings. The van der Waals surface area contributed by atoms with Gasteiger partial charge in [-0.3, -0.25) is 4.79 Å². The van der Waals surface area contributed by atoms with Crippen molar-refractivity contribution in [3.05, 3.63) is 53.2 Å². The lowest BCUT2D eigenvalue weighted by Gasteiger charge is -2.20. The summed E-state index contributed by atoms with van der Waals surface area (Å²) in [5.74, 6) is 0.366. The number of hydrogen-bond donors (Lipinski definition) is 1. The average molecular weight is 396 g/mol. The normalized spacial score (nSPS) is 11.9. The molecule has 0 aliphatic rings. The fourth-order valence-corrected chi connectivity index (χ4v) is 3.29. The Balaban J connectivity index is 2.08. The van der Waals surface area contributed by atoms with Crippen molar-refractivity contribution < 1.29 is 18.0 Å². The number of nitrogens with zero attached hydrogens (tertiary/aromatic N) is 1. The van der Waals surface area contributed by atoms with Crippen molar-refractivity contribution in [2.45, 2.75) is 50.7 Å². The van der Waals surface area contributed by atoms with Crippen LogP contribution in [0.4, 0.5) is 18.9 Å². The molecule has 0 saturated carbocycles. The minimum absolute atomic E-state index is 0.0718. The number of alkyl halides is 3. The van der Waals surface area contributed by atoms with Crippen molar-refractivity contribution in [2.24, 2.45) is 0 Å². The summed E-state index contributed by atoms with van der Waals surface area (Å²) < 4.78 is 37.7. The van der Waals surface area contributed by atoms with E-state index in [9.17, 15) is 18.0 Å². The number of carbonyl (C=O) groups excluding carboxylic acids is 1. The van der Waals surface area contributed by atoms with Crippen LogP contribution < -0.4 is 5.32 Å². The van der Waals surface area contributed by atoms with Crippen LogP contribution in [0.2, 0.25) is 0 Å². The zero-order valence-electron chi connectivity index (χ0n) is 15.7. The SMILES string of the molecule is CC(C)c1cccc(C(C)C)c1NC(=O)CSc1ccc(C(F)(F)F)cn1. The van der Waals surface area contributed by atoms with E-state index in [0.717, 1.165) is 40.8 Å². The molecule has 1 heterocycles. The van der Waals surface area contributed by atoms with Crippen LogP contribution in [0.5, 0.6) is 0 Å². The van der Waals surface area contributed by atoms with E-state index in [1.807, 2.05) is 18.2 Å². The first-order valence-electron chi connectivity index (χ1n) is 8.68. The second kappa shape index (κ2) is 8.78. The highest BCUT2D eigenvalue weighted by molar-refractivity contribution is 7.99. The second-order valence-corrected chi connectivity index (χ2v) is 7.84. The highest BCUT2D eigenvalue weighted by atomic mass is 32.2. The zero-order valence-corrected chi connectivity index (χ0v) is 16.5. The van der Waals surface area contributed by atoms with Crippen molar-refractivity contribution in [1.82, 2.24) is 4.98 Å². The molecule has 1 aromatic heterocycles. The van der Waals surface area contributed by atoms with Crippen LogP contribution >= 0.6 is 11.8 Å². The van der Waals surface area contributed by atoms with Crippen LogP contribution in [0.15, 0.2) is 41.6 Å². The van der Waals surface area contributed by atoms with Crippen molar-refractivity contribution in [3.8, 4) is 0 Å². The smallest absolute Gasteiger partial charge is 0.325 e. The van der Waals surface area contributed by atoms with Crippen LogP contribution in [0.3, 0.4) is 0 Å². The van der Waals surface area contributed by atoms with E-state index >= 15 is 0 Å². The number of anilines is 1. The number of thioether (sulfide) groups is 1. The maximum absolute atomic E-state index is 12.6. The second-order valence-electron chi connectivity index (χ2n) is 6.84. The van der Waals surface area contributed by atoms with Gasteiger partial charge in [-0.25, -0.2) is 4.98 Å². The Kier molecular flexibility index (Phi) is 6.92. The lowest BCUT2D eigenvalue weighted by atomic mass is 9.92. The molecule has 0 aliphatic heterocycles. The summed E-state index contributed by atoms with van der Waals surface area (Å²) in [4.78, 5) is 16.2. The standard InChI is InChI=1S/C20H23F3N2OS/c1-12(2)15-6-5-7-16(13(3)4)19(15)25-17(26)11-27-18-9-8-14(10-24-18)20(21,22)23/h5-10,12-13H,11H2,1-4H3,(H,25,26). The van der Waals surface area contributed by atoms with Gasteiger partial charge in [0.05, 0.1) is 16.3 Å². The van der Waals surface area contributed by atoms with E-state index in [0.29, 0.717) is 5.03 Å². The maximum atomic E-state index is 12.6. The Morgan fingerprint density at radius 3 is 2.11 bits per heavy atom. The molecule has 2 aromatic rings. The van der Waals surface area contributed by atoms with Gasteiger partial charge < -0.3 is 5.32 Å². The molecule has 0 aliphatic carbocycles. The molecule has 0 spiro atoms. The first kappa shape index (κ1) is 21.3. The molecule has 1 amide bonds. The Morgan fingerprint density at radius 1 is 1.07 bits per heavy atom. The van der Waals surface area contributed by atoms with Crippen molar-refractivity contribution in [2.75, 3.05) is 11.1 Å². The molecule has 0 unspecified atom stereocenters. The predicted molar refractivity (Wildman–Crippen MR) is 103 cm³/mol. The molecule has 146 valence electrons. The minimum atomic E-state index is -4.42. The number of amides is 1. The molecule has 27 heavy (non-hydrogen) atoms. The van der Waals surface area contributed by atoms with Crippen molar-refractivity contribution in [3.63, 3.8) is 0 Å². The van der Waals surface area contributed by atoms with Crippen molar-refractivity contribution >= 4 is 23.4 Å². The van der Waals surface area contributed by atoms with Gasteiger partial charge in [-0.15, -0.1) is 0 Å². The number of pyridine rings is 1. The number of hydrogen-bond acceptors (Lipinski definition) is 3. The maximum Gasteiger partial charge on any atom is 0.417 e. The molecular weight excluding hydrogens is 373 g/mol. The minimum Gasteiger partial charge on any atom is -0.325 e. The molecule has 1 aromatic carbocycles. The van der Waals surface area contributed by atoms with E-state index < -0.39 is 11.7 Å². The molecule has 1 N–H and O–H groups in total. The predicted octanol–water partition coefficient (Wildman–Crippen LogP) is 6.08. The van der Waals surface area contributed by atoms with Gasteiger partial charge in [-0.1, -0.05) is 57.7 Å². The van der Waals surface area contributed by atoms with Crippen LogP contribution in [0.1, 0.15) is 56.2 Å². The lowest BCUT2D eigenvalue weighted by molar-refractivity contribution is -0.137. The first-order chi connectivity index (χ1) is 12.6. The van der Waals surface area contributed by atoms with Gasteiger partial charge in [0.1, 0.15) is 0 Å². The number of aromatic nitrogens is 1. The van der Waals surface area contributed by atoms with Gasteiger partial charge in [0.15, 0.2) is 0 Å². The number of benzene rings is 1. The van der Waals surface area contributed by atoms with Crippen LogP contribution in [0.25, 0.3) is 0 Å². The summed E-state index contributed by atoms with van der Waals surface area (Å²) in [7, 11) is 0. The van der Waals surface area contributed by atoms with E-state index in [-0.39, 0.29) is 23.5 Å². The number of nitrogens with one attached hydrogen (secondary N) is 1. The fraction of sp³-hybridized carbons (Fsp3) is 0.400. The van der Waals surface area contributed by atoms with Crippen LogP contribution in [0, 0.1) is 0 Å². The summed E-state index contributed by atoms with van der Waals surface area (Å²) >= 11 is 1.11. The Bertz CT molecular complexity index is 761. The Hall–Kier alpha value is -2.02. The average Bonchev–Trinajstić information content (AvgIpc) is 2.59. The molecule has 0 radical (unpaired) electrons. The molecule has 7 heteroatoms. The molecular formula is C20H23F3N2OS. The van der Waals surface area contributed by atoms with Crippen LogP contribution in [-0.4, -0.2) is 16.6 Å². The van der Waals surface area contributed by atoms with Crippen molar-refractivity contribution in [1.29, 1.82) is 0 Å². The number of rotatable bonds is 6. The van der Waals surface area contributed by atoms with E-state index in [4.69, 9.17) is 0 Å². The van der Waals surface area contributed by atoms with Gasteiger partial charge >= 0.3 is 6.18 Å². The largest absolute Gasteiger partial charge is 0.417 e. The molecule has 0 bridgehead atoms. The Morgan fingerprint density at radius 2 is 1.67 bits per heavy atom. The summed E-state index contributed by atoms with van der Waals surface area (Å²) in [5, 5.41) is 3.35. The number of carbonyl (C=O) groups is 1. The summed E-state index contributed by atoms with van der Waals surface area (Å²) in [5.41, 5.74) is 2.15. The third-order valence-corrected chi connectivity index (χ3v) is 5.00. The summed E-state index contributed by atoms with van der Waals surface area (Å²) in [6.45, 7) is 8.26. The molecule has 0 saturated heterocycles. The third kappa shape index (κ3) is 5.73. The van der Waals surface area contributed by atoms with Crippen LogP contribution in [-0.2, 0) is 11.0 Å². The van der Waals surface area contributed by atoms with Gasteiger partial charge in [-0.2, -0.15) is 13.2 Å².